The fraction of sp³-hybridized carbons (Fsp3) is 0.267. The molecule has 3 aromatic rings. The number of amides is 1. The molecule has 112 valence electrons. The van der Waals surface area contributed by atoms with Gasteiger partial charge in [-0.25, -0.2) is 9.50 Å². The highest BCUT2D eigenvalue weighted by Crippen LogP contribution is 2.15. The molecule has 0 unspecified atom stereocenters. The van der Waals surface area contributed by atoms with Crippen molar-refractivity contribution in [1.29, 1.82) is 0 Å². The van der Waals surface area contributed by atoms with Gasteiger partial charge in [0.05, 0.1) is 0 Å². The van der Waals surface area contributed by atoms with E-state index in [-0.39, 0.29) is 5.91 Å². The van der Waals surface area contributed by atoms with Gasteiger partial charge < -0.3 is 5.32 Å². The highest BCUT2D eigenvalue weighted by atomic mass is 16.1. The summed E-state index contributed by atoms with van der Waals surface area (Å²) in [5, 5.41) is 7.00. The topological polar surface area (TPSA) is 85.1 Å². The van der Waals surface area contributed by atoms with Gasteiger partial charge in [0.1, 0.15) is 6.33 Å². The fourth-order valence-electron chi connectivity index (χ4n) is 2.41. The van der Waals surface area contributed by atoms with Crippen LogP contribution in [0.15, 0.2) is 30.9 Å². The van der Waals surface area contributed by atoms with Gasteiger partial charge in [-0.2, -0.15) is 10.1 Å². The third-order valence-electron chi connectivity index (χ3n) is 3.55. The molecule has 0 aliphatic carbocycles. The van der Waals surface area contributed by atoms with Crippen molar-refractivity contribution in [2.75, 3.05) is 5.32 Å². The minimum atomic E-state index is -0.0383. The molecule has 0 saturated carbocycles. The number of anilines is 1. The standard InChI is InChI=1S/C15H16N6O/c1-10-13(11(2)21-15(19-10)17-9-18-21)3-4-14(22)20-12-5-7-16-8-6-12/h5-9H,3-4H2,1-2H3,(H,16,20,22). The number of fused-ring (bicyclic) bond motifs is 1. The second-order valence-electron chi connectivity index (χ2n) is 5.02. The number of nitrogens with zero attached hydrogens (tertiary/aromatic N) is 5. The number of rotatable bonds is 4. The Balaban J connectivity index is 1.72. The molecule has 0 aromatic carbocycles. The maximum Gasteiger partial charge on any atom is 0.252 e. The van der Waals surface area contributed by atoms with Gasteiger partial charge in [0.15, 0.2) is 0 Å². The summed E-state index contributed by atoms with van der Waals surface area (Å²) < 4.78 is 1.70. The molecule has 0 saturated heterocycles. The molecule has 0 spiro atoms. The van der Waals surface area contributed by atoms with Crippen molar-refractivity contribution in [3.63, 3.8) is 0 Å². The Labute approximate surface area is 127 Å². The van der Waals surface area contributed by atoms with E-state index >= 15 is 0 Å². The third-order valence-corrected chi connectivity index (χ3v) is 3.55. The van der Waals surface area contributed by atoms with Crippen LogP contribution in [-0.4, -0.2) is 30.5 Å². The monoisotopic (exact) mass is 296 g/mol. The lowest BCUT2D eigenvalue weighted by Crippen LogP contribution is -2.14. The van der Waals surface area contributed by atoms with E-state index in [1.54, 1.807) is 29.0 Å². The van der Waals surface area contributed by atoms with Gasteiger partial charge in [-0.3, -0.25) is 9.78 Å². The molecule has 0 fully saturated rings. The van der Waals surface area contributed by atoms with Gasteiger partial charge in [-0.1, -0.05) is 0 Å². The van der Waals surface area contributed by atoms with Crippen molar-refractivity contribution in [3.05, 3.63) is 47.8 Å². The quantitative estimate of drug-likeness (QED) is 0.792. The van der Waals surface area contributed by atoms with Gasteiger partial charge in [0.2, 0.25) is 5.91 Å². The normalized spacial score (nSPS) is 10.8. The van der Waals surface area contributed by atoms with Crippen LogP contribution < -0.4 is 5.32 Å². The number of aryl methyl sites for hydroxylation is 2. The number of hydrogen-bond acceptors (Lipinski definition) is 5. The molecular formula is C15H16N6O. The molecule has 0 bridgehead atoms. The Morgan fingerprint density at radius 2 is 2.05 bits per heavy atom. The largest absolute Gasteiger partial charge is 0.326 e. The lowest BCUT2D eigenvalue weighted by molar-refractivity contribution is -0.116. The van der Waals surface area contributed by atoms with Crippen LogP contribution in [0.3, 0.4) is 0 Å². The molecule has 1 amide bonds. The summed E-state index contributed by atoms with van der Waals surface area (Å²) in [7, 11) is 0. The summed E-state index contributed by atoms with van der Waals surface area (Å²) >= 11 is 0. The Morgan fingerprint density at radius 1 is 1.27 bits per heavy atom. The van der Waals surface area contributed by atoms with Crippen molar-refractivity contribution in [1.82, 2.24) is 24.6 Å². The van der Waals surface area contributed by atoms with Crippen LogP contribution in [0.2, 0.25) is 0 Å². The maximum atomic E-state index is 12.0. The van der Waals surface area contributed by atoms with E-state index in [2.05, 4.69) is 25.4 Å². The first-order chi connectivity index (χ1) is 10.6. The molecule has 3 aromatic heterocycles. The summed E-state index contributed by atoms with van der Waals surface area (Å²) in [5.41, 5.74) is 3.63. The molecule has 0 aliphatic rings. The average molecular weight is 296 g/mol. The smallest absolute Gasteiger partial charge is 0.252 e. The Kier molecular flexibility index (Phi) is 3.78. The summed E-state index contributed by atoms with van der Waals surface area (Å²) in [5.74, 6) is 0.545. The maximum absolute atomic E-state index is 12.0. The number of hydrogen-bond donors (Lipinski definition) is 1. The first kappa shape index (κ1) is 14.1. The van der Waals surface area contributed by atoms with Crippen molar-refractivity contribution >= 4 is 17.4 Å². The van der Waals surface area contributed by atoms with Crippen molar-refractivity contribution in [3.8, 4) is 0 Å². The van der Waals surface area contributed by atoms with Crippen LogP contribution in [-0.2, 0) is 11.2 Å². The fourth-order valence-corrected chi connectivity index (χ4v) is 2.41. The summed E-state index contributed by atoms with van der Waals surface area (Å²) in [6.07, 6.45) is 5.76. The van der Waals surface area contributed by atoms with Crippen LogP contribution in [0, 0.1) is 13.8 Å². The van der Waals surface area contributed by atoms with Gasteiger partial charge in [-0.05, 0) is 38.0 Å². The van der Waals surface area contributed by atoms with Crippen LogP contribution in [0.5, 0.6) is 0 Å². The van der Waals surface area contributed by atoms with E-state index in [1.165, 1.54) is 6.33 Å². The lowest BCUT2D eigenvalue weighted by Gasteiger charge is -2.10. The number of carbonyl (C=O) groups is 1. The van der Waals surface area contributed by atoms with Gasteiger partial charge in [-0.15, -0.1) is 0 Å². The van der Waals surface area contributed by atoms with Gasteiger partial charge >= 0.3 is 0 Å². The Hall–Kier alpha value is -2.83. The zero-order chi connectivity index (χ0) is 15.5. The Bertz CT molecular complexity index is 812. The predicted octanol–water partition coefficient (Wildman–Crippen LogP) is 1.71. The minimum Gasteiger partial charge on any atom is -0.326 e. The lowest BCUT2D eigenvalue weighted by atomic mass is 10.1. The number of aromatic nitrogens is 5. The first-order valence-electron chi connectivity index (χ1n) is 7.01. The van der Waals surface area contributed by atoms with Gasteiger partial charge in [0.25, 0.3) is 5.78 Å². The molecular weight excluding hydrogens is 280 g/mol. The number of pyridine rings is 1. The number of carbonyl (C=O) groups excluding carboxylic acids is 1. The van der Waals surface area contributed by atoms with Crippen molar-refractivity contribution < 1.29 is 4.79 Å². The SMILES string of the molecule is Cc1nc2ncnn2c(C)c1CCC(=O)Nc1ccncc1. The van der Waals surface area contributed by atoms with Crippen LogP contribution >= 0.6 is 0 Å². The molecule has 22 heavy (non-hydrogen) atoms. The molecule has 3 heterocycles. The van der Waals surface area contributed by atoms with E-state index in [9.17, 15) is 4.79 Å². The Morgan fingerprint density at radius 3 is 2.82 bits per heavy atom. The minimum absolute atomic E-state index is 0.0383. The number of nitrogens with one attached hydrogen (secondary N) is 1. The highest BCUT2D eigenvalue weighted by molar-refractivity contribution is 5.90. The van der Waals surface area contributed by atoms with Crippen LogP contribution in [0.25, 0.3) is 5.78 Å². The van der Waals surface area contributed by atoms with E-state index in [4.69, 9.17) is 0 Å². The van der Waals surface area contributed by atoms with Crippen molar-refractivity contribution in [2.24, 2.45) is 0 Å². The van der Waals surface area contributed by atoms with Crippen LogP contribution in [0.4, 0.5) is 5.69 Å². The van der Waals surface area contributed by atoms with Crippen LogP contribution in [0.1, 0.15) is 23.4 Å². The van der Waals surface area contributed by atoms with Crippen molar-refractivity contribution in [2.45, 2.75) is 26.7 Å². The highest BCUT2D eigenvalue weighted by Gasteiger charge is 2.12. The molecule has 3 rings (SSSR count). The second-order valence-corrected chi connectivity index (χ2v) is 5.02. The summed E-state index contributed by atoms with van der Waals surface area (Å²) in [4.78, 5) is 24.4. The zero-order valence-electron chi connectivity index (χ0n) is 12.4. The molecule has 0 aliphatic heterocycles. The molecule has 7 nitrogen and oxygen atoms in total. The van der Waals surface area contributed by atoms with E-state index < -0.39 is 0 Å². The molecule has 0 atom stereocenters. The first-order valence-corrected chi connectivity index (χ1v) is 7.01. The zero-order valence-corrected chi connectivity index (χ0v) is 12.4. The van der Waals surface area contributed by atoms with Gasteiger partial charge in [0, 0.05) is 35.9 Å². The second kappa shape index (κ2) is 5.88. The van der Waals surface area contributed by atoms with E-state index in [0.717, 1.165) is 22.6 Å². The summed E-state index contributed by atoms with van der Waals surface area (Å²) in [6.45, 7) is 3.89. The molecule has 0 radical (unpaired) electrons. The molecule has 7 heteroatoms. The van der Waals surface area contributed by atoms with E-state index in [1.807, 2.05) is 13.8 Å². The molecule has 1 N–H and O–H groups in total. The van der Waals surface area contributed by atoms with E-state index in [0.29, 0.717) is 18.6 Å². The summed E-state index contributed by atoms with van der Waals surface area (Å²) in [6, 6.07) is 3.52. The predicted molar refractivity (Wildman–Crippen MR) is 81.4 cm³/mol. The average Bonchev–Trinajstić information content (AvgIpc) is 2.96. The third kappa shape index (κ3) is 2.78.